The molecule has 1 fully saturated rings. The normalized spacial score (nSPS) is 20.0. The van der Waals surface area contributed by atoms with Crippen molar-refractivity contribution in [2.45, 2.75) is 46.8 Å². The second kappa shape index (κ2) is 9.82. The largest absolute Gasteiger partial charge is 0.494 e. The second-order valence-electron chi connectivity index (χ2n) is 7.49. The summed E-state index contributed by atoms with van der Waals surface area (Å²) in [5, 5.41) is 6.74. The third-order valence-corrected chi connectivity index (χ3v) is 4.71. The van der Waals surface area contributed by atoms with Gasteiger partial charge in [-0.05, 0) is 32.9 Å². The Morgan fingerprint density at radius 2 is 2.07 bits per heavy atom. The van der Waals surface area contributed by atoms with Crippen molar-refractivity contribution in [2.24, 2.45) is 10.4 Å². The quantitative estimate of drug-likeness (QED) is 0.350. The molecule has 2 heterocycles. The fourth-order valence-corrected chi connectivity index (χ4v) is 3.25. The van der Waals surface area contributed by atoms with E-state index in [4.69, 9.17) is 19.2 Å². The van der Waals surface area contributed by atoms with Crippen molar-refractivity contribution >= 4 is 29.9 Å². The number of rotatable bonds is 7. The molecule has 0 saturated carbocycles. The zero-order chi connectivity index (χ0) is 18.6. The molecule has 6 nitrogen and oxygen atoms in total. The van der Waals surface area contributed by atoms with Gasteiger partial charge in [0.05, 0.1) is 26.4 Å². The van der Waals surface area contributed by atoms with Crippen molar-refractivity contribution in [1.82, 2.24) is 10.6 Å². The maximum atomic E-state index is 5.90. The predicted octanol–water partition coefficient (Wildman–Crippen LogP) is 3.12. The van der Waals surface area contributed by atoms with Crippen LogP contribution < -0.4 is 20.1 Å². The number of hydrogen-bond acceptors (Lipinski definition) is 4. The Balaban J connectivity index is 0.00000261. The van der Waals surface area contributed by atoms with Gasteiger partial charge in [0, 0.05) is 36.1 Å². The Hall–Kier alpha value is -1.22. The van der Waals surface area contributed by atoms with Crippen LogP contribution in [-0.4, -0.2) is 45.0 Å². The van der Waals surface area contributed by atoms with E-state index in [1.54, 1.807) is 0 Å². The first-order valence-corrected chi connectivity index (χ1v) is 9.58. The SMILES string of the molecule is CCNC(=NCc1cc2c(cc1OCC)CC(C)O2)NCC1(C)COC1.I. The number of hydrogen-bond donors (Lipinski definition) is 2. The number of aliphatic imine (C=N–C) groups is 1. The number of nitrogens with one attached hydrogen (secondary N) is 2. The number of guanidine groups is 1. The van der Waals surface area contributed by atoms with E-state index < -0.39 is 0 Å². The van der Waals surface area contributed by atoms with Gasteiger partial charge in [0.1, 0.15) is 17.6 Å². The molecule has 0 amide bonds. The zero-order valence-corrected chi connectivity index (χ0v) is 19.1. The van der Waals surface area contributed by atoms with Crippen LogP contribution in [0.15, 0.2) is 17.1 Å². The van der Waals surface area contributed by atoms with E-state index in [0.717, 1.165) is 55.7 Å². The van der Waals surface area contributed by atoms with Crippen molar-refractivity contribution < 1.29 is 14.2 Å². The van der Waals surface area contributed by atoms with E-state index >= 15 is 0 Å². The molecule has 1 unspecified atom stereocenters. The molecule has 2 N–H and O–H groups in total. The Kier molecular flexibility index (Phi) is 8.03. The van der Waals surface area contributed by atoms with Crippen LogP contribution in [0.4, 0.5) is 0 Å². The van der Waals surface area contributed by atoms with Gasteiger partial charge in [0.2, 0.25) is 0 Å². The molecule has 0 aliphatic carbocycles. The molecule has 3 rings (SSSR count). The lowest BCUT2D eigenvalue weighted by Crippen LogP contribution is -2.51. The minimum atomic E-state index is 0. The average molecular weight is 489 g/mol. The van der Waals surface area contributed by atoms with E-state index in [0.29, 0.717) is 13.2 Å². The van der Waals surface area contributed by atoms with E-state index in [1.165, 1.54) is 5.56 Å². The zero-order valence-electron chi connectivity index (χ0n) is 16.8. The molecular weight excluding hydrogens is 457 g/mol. The van der Waals surface area contributed by atoms with Crippen LogP contribution in [-0.2, 0) is 17.7 Å². The first-order chi connectivity index (χ1) is 12.5. The lowest BCUT2D eigenvalue weighted by molar-refractivity contribution is -0.0971. The summed E-state index contributed by atoms with van der Waals surface area (Å²) in [7, 11) is 0. The maximum absolute atomic E-state index is 5.90. The predicted molar refractivity (Wildman–Crippen MR) is 119 cm³/mol. The second-order valence-corrected chi connectivity index (χ2v) is 7.49. The minimum Gasteiger partial charge on any atom is -0.494 e. The van der Waals surface area contributed by atoms with Gasteiger partial charge in [-0.3, -0.25) is 0 Å². The van der Waals surface area contributed by atoms with E-state index in [1.807, 2.05) is 6.92 Å². The average Bonchev–Trinajstić information content (AvgIpc) is 2.94. The Morgan fingerprint density at radius 3 is 2.70 bits per heavy atom. The highest BCUT2D eigenvalue weighted by Gasteiger charge is 2.33. The summed E-state index contributed by atoms with van der Waals surface area (Å²) in [6.45, 7) is 12.8. The van der Waals surface area contributed by atoms with Gasteiger partial charge in [-0.25, -0.2) is 4.99 Å². The van der Waals surface area contributed by atoms with Crippen molar-refractivity contribution in [3.63, 3.8) is 0 Å². The smallest absolute Gasteiger partial charge is 0.191 e. The first kappa shape index (κ1) is 22.1. The van der Waals surface area contributed by atoms with Crippen LogP contribution >= 0.6 is 24.0 Å². The summed E-state index contributed by atoms with van der Waals surface area (Å²) in [6, 6.07) is 4.19. The van der Waals surface area contributed by atoms with Gasteiger partial charge < -0.3 is 24.8 Å². The lowest BCUT2D eigenvalue weighted by atomic mass is 9.89. The Labute approximate surface area is 179 Å². The summed E-state index contributed by atoms with van der Waals surface area (Å²) in [4.78, 5) is 4.75. The molecule has 7 heteroatoms. The van der Waals surface area contributed by atoms with Crippen molar-refractivity contribution in [2.75, 3.05) is 32.9 Å². The highest BCUT2D eigenvalue weighted by Crippen LogP contribution is 2.35. The molecule has 0 aromatic heterocycles. The molecule has 2 aliphatic heterocycles. The van der Waals surface area contributed by atoms with Gasteiger partial charge in [-0.1, -0.05) is 6.92 Å². The van der Waals surface area contributed by atoms with Crippen LogP contribution in [0.1, 0.15) is 38.8 Å². The Bertz CT molecular complexity index is 662. The summed E-state index contributed by atoms with van der Waals surface area (Å²) < 4.78 is 17.1. The van der Waals surface area contributed by atoms with E-state index in [9.17, 15) is 0 Å². The standard InChI is InChI=1S/C20H31N3O3.HI/c1-5-21-19(23-11-20(4)12-24-13-20)22-10-16-9-18-15(7-14(3)26-18)8-17(16)25-6-2;/h8-9,14H,5-7,10-13H2,1-4H3,(H2,21,22,23);1H. The summed E-state index contributed by atoms with van der Waals surface area (Å²) >= 11 is 0. The number of nitrogens with zero attached hydrogens (tertiary/aromatic N) is 1. The summed E-state index contributed by atoms with van der Waals surface area (Å²) in [5.41, 5.74) is 2.47. The van der Waals surface area contributed by atoms with Gasteiger partial charge in [-0.15, -0.1) is 24.0 Å². The van der Waals surface area contributed by atoms with Crippen molar-refractivity contribution in [3.8, 4) is 11.5 Å². The molecule has 152 valence electrons. The Morgan fingerprint density at radius 1 is 1.30 bits per heavy atom. The fourth-order valence-electron chi connectivity index (χ4n) is 3.25. The van der Waals surface area contributed by atoms with Gasteiger partial charge in [0.25, 0.3) is 0 Å². The summed E-state index contributed by atoms with van der Waals surface area (Å²) in [6.07, 6.45) is 1.16. The highest BCUT2D eigenvalue weighted by atomic mass is 127. The van der Waals surface area contributed by atoms with Gasteiger partial charge >= 0.3 is 0 Å². The third-order valence-electron chi connectivity index (χ3n) is 4.71. The molecule has 1 aromatic rings. The van der Waals surface area contributed by atoms with Crippen LogP contribution in [0, 0.1) is 5.41 Å². The third kappa shape index (κ3) is 5.63. The summed E-state index contributed by atoms with van der Waals surface area (Å²) in [5.74, 6) is 2.68. The van der Waals surface area contributed by atoms with Crippen molar-refractivity contribution in [3.05, 3.63) is 23.3 Å². The van der Waals surface area contributed by atoms with Crippen LogP contribution in [0.25, 0.3) is 0 Å². The minimum absolute atomic E-state index is 0. The molecule has 2 aliphatic rings. The number of benzene rings is 1. The van der Waals surface area contributed by atoms with Crippen LogP contribution in [0.5, 0.6) is 11.5 Å². The molecule has 1 saturated heterocycles. The monoisotopic (exact) mass is 489 g/mol. The van der Waals surface area contributed by atoms with E-state index in [-0.39, 0.29) is 35.5 Å². The molecule has 0 bridgehead atoms. The van der Waals surface area contributed by atoms with Crippen LogP contribution in [0.3, 0.4) is 0 Å². The first-order valence-electron chi connectivity index (χ1n) is 9.58. The van der Waals surface area contributed by atoms with Gasteiger partial charge in [-0.2, -0.15) is 0 Å². The molecule has 0 spiro atoms. The molecule has 1 aromatic carbocycles. The van der Waals surface area contributed by atoms with Gasteiger partial charge in [0.15, 0.2) is 5.96 Å². The van der Waals surface area contributed by atoms with Crippen molar-refractivity contribution in [1.29, 1.82) is 0 Å². The maximum Gasteiger partial charge on any atom is 0.191 e. The lowest BCUT2D eigenvalue weighted by Gasteiger charge is -2.38. The number of fused-ring (bicyclic) bond motifs is 1. The number of ether oxygens (including phenoxy) is 3. The fraction of sp³-hybridized carbons (Fsp3) is 0.650. The highest BCUT2D eigenvalue weighted by molar-refractivity contribution is 14.0. The van der Waals surface area contributed by atoms with Crippen LogP contribution in [0.2, 0.25) is 0 Å². The molecule has 1 atom stereocenters. The number of halogens is 1. The molecule has 27 heavy (non-hydrogen) atoms. The molecule has 0 radical (unpaired) electrons. The topological polar surface area (TPSA) is 64.1 Å². The van der Waals surface area contributed by atoms with E-state index in [2.05, 4.69) is 43.5 Å². The molecular formula is C20H32IN3O3.